The van der Waals surface area contributed by atoms with E-state index in [2.05, 4.69) is 5.32 Å². The number of halogens is 2. The molecule has 0 fully saturated rings. The minimum Gasteiger partial charge on any atom is -0.508 e. The van der Waals surface area contributed by atoms with Gasteiger partial charge in [0.25, 0.3) is 0 Å². The van der Waals surface area contributed by atoms with Gasteiger partial charge < -0.3 is 10.4 Å². The molecule has 4 heteroatoms. The van der Waals surface area contributed by atoms with Gasteiger partial charge in [-0.3, -0.25) is 0 Å². The third-order valence-electron chi connectivity index (χ3n) is 2.98. The second-order valence-electron chi connectivity index (χ2n) is 4.43. The topological polar surface area (TPSA) is 32.3 Å². The van der Waals surface area contributed by atoms with Gasteiger partial charge in [-0.1, -0.05) is 29.8 Å². The summed E-state index contributed by atoms with van der Waals surface area (Å²) in [5, 5.41) is 13.1. The molecule has 19 heavy (non-hydrogen) atoms. The van der Waals surface area contributed by atoms with Crippen molar-refractivity contribution in [1.82, 2.24) is 5.32 Å². The van der Waals surface area contributed by atoms with E-state index in [0.29, 0.717) is 11.6 Å². The van der Waals surface area contributed by atoms with Crippen molar-refractivity contribution in [1.29, 1.82) is 0 Å². The van der Waals surface area contributed by atoms with Crippen LogP contribution in [0.5, 0.6) is 5.75 Å². The minimum absolute atomic E-state index is 0.0632. The van der Waals surface area contributed by atoms with Crippen molar-refractivity contribution in [3.05, 3.63) is 64.4 Å². The number of phenols is 1. The summed E-state index contributed by atoms with van der Waals surface area (Å²) in [6, 6.07) is 11.5. The summed E-state index contributed by atoms with van der Waals surface area (Å²) in [6.07, 6.45) is 0. The van der Waals surface area contributed by atoms with Crippen LogP contribution in [0, 0.1) is 5.82 Å². The van der Waals surface area contributed by atoms with Gasteiger partial charge in [-0.15, -0.1) is 0 Å². The highest BCUT2D eigenvalue weighted by Gasteiger charge is 2.07. The summed E-state index contributed by atoms with van der Waals surface area (Å²) < 4.78 is 12.9. The Morgan fingerprint density at radius 3 is 2.74 bits per heavy atom. The van der Waals surface area contributed by atoms with Crippen molar-refractivity contribution in [2.24, 2.45) is 0 Å². The van der Waals surface area contributed by atoms with E-state index < -0.39 is 0 Å². The van der Waals surface area contributed by atoms with Crippen molar-refractivity contribution in [3.63, 3.8) is 0 Å². The van der Waals surface area contributed by atoms with Crippen molar-refractivity contribution in [2.45, 2.75) is 19.5 Å². The molecule has 0 amide bonds. The molecule has 0 aliphatic heterocycles. The molecule has 1 unspecified atom stereocenters. The van der Waals surface area contributed by atoms with E-state index in [1.165, 1.54) is 12.1 Å². The predicted molar refractivity (Wildman–Crippen MR) is 74.8 cm³/mol. The maximum Gasteiger partial charge on any atom is 0.124 e. The van der Waals surface area contributed by atoms with Gasteiger partial charge in [0.1, 0.15) is 11.6 Å². The number of aromatic hydroxyl groups is 1. The summed E-state index contributed by atoms with van der Waals surface area (Å²) in [5.41, 5.74) is 1.83. The molecule has 100 valence electrons. The molecule has 0 aliphatic carbocycles. The number of nitrogens with one attached hydrogen (secondary N) is 1. The lowest BCUT2D eigenvalue weighted by Crippen LogP contribution is -2.18. The predicted octanol–water partition coefficient (Wildman–Crippen LogP) is 4.04. The lowest BCUT2D eigenvalue weighted by atomic mass is 10.1. The van der Waals surface area contributed by atoms with E-state index in [9.17, 15) is 9.50 Å². The van der Waals surface area contributed by atoms with Gasteiger partial charge in [-0.05, 0) is 42.3 Å². The zero-order valence-corrected chi connectivity index (χ0v) is 11.3. The number of hydrogen-bond donors (Lipinski definition) is 2. The van der Waals surface area contributed by atoms with Crippen LogP contribution in [0.15, 0.2) is 42.5 Å². The normalized spacial score (nSPS) is 12.4. The molecule has 0 bridgehead atoms. The van der Waals surface area contributed by atoms with Gasteiger partial charge in [0, 0.05) is 17.6 Å². The van der Waals surface area contributed by atoms with Gasteiger partial charge in [-0.2, -0.15) is 0 Å². The quantitative estimate of drug-likeness (QED) is 0.885. The maximum absolute atomic E-state index is 12.9. The summed E-state index contributed by atoms with van der Waals surface area (Å²) in [7, 11) is 0. The number of rotatable bonds is 4. The van der Waals surface area contributed by atoms with Crippen LogP contribution in [-0.2, 0) is 6.54 Å². The number of phenolic OH excluding ortho intramolecular Hbond substituents is 1. The lowest BCUT2D eigenvalue weighted by Gasteiger charge is -2.15. The SMILES string of the molecule is CC(NCc1ccc(F)cc1Cl)c1cccc(O)c1. The fraction of sp³-hybridized carbons (Fsp3) is 0.200. The smallest absolute Gasteiger partial charge is 0.124 e. The first-order valence-electron chi connectivity index (χ1n) is 6.02. The second kappa shape index (κ2) is 6.04. The molecule has 2 N–H and O–H groups in total. The standard InChI is InChI=1S/C15H15ClFNO/c1-10(11-3-2-4-14(19)7-11)18-9-12-5-6-13(17)8-15(12)16/h2-8,10,18-19H,9H2,1H3. The summed E-state index contributed by atoms with van der Waals surface area (Å²) in [4.78, 5) is 0. The number of benzene rings is 2. The average Bonchev–Trinajstić information content (AvgIpc) is 2.37. The molecule has 0 saturated carbocycles. The highest BCUT2D eigenvalue weighted by atomic mass is 35.5. The summed E-state index contributed by atoms with van der Waals surface area (Å²) >= 11 is 5.96. The van der Waals surface area contributed by atoms with Gasteiger partial charge in [0.15, 0.2) is 0 Å². The average molecular weight is 280 g/mol. The zero-order chi connectivity index (χ0) is 13.8. The van der Waals surface area contributed by atoms with Crippen molar-refractivity contribution >= 4 is 11.6 Å². The molecule has 2 aromatic carbocycles. The monoisotopic (exact) mass is 279 g/mol. The maximum atomic E-state index is 12.9. The van der Waals surface area contributed by atoms with Crippen molar-refractivity contribution in [2.75, 3.05) is 0 Å². The number of hydrogen-bond acceptors (Lipinski definition) is 2. The highest BCUT2D eigenvalue weighted by molar-refractivity contribution is 6.31. The Hall–Kier alpha value is -1.58. The van der Waals surface area contributed by atoms with E-state index >= 15 is 0 Å². The van der Waals surface area contributed by atoms with E-state index in [0.717, 1.165) is 11.1 Å². The van der Waals surface area contributed by atoms with E-state index in [1.807, 2.05) is 13.0 Å². The Labute approximate surface area is 116 Å². The molecule has 2 rings (SSSR count). The molecule has 0 aliphatic rings. The van der Waals surface area contributed by atoms with Gasteiger partial charge >= 0.3 is 0 Å². The first kappa shape index (κ1) is 13.8. The zero-order valence-electron chi connectivity index (χ0n) is 10.5. The molecule has 1 atom stereocenters. The Kier molecular flexibility index (Phi) is 4.40. The van der Waals surface area contributed by atoms with E-state index in [4.69, 9.17) is 11.6 Å². The van der Waals surface area contributed by atoms with Crippen molar-refractivity contribution < 1.29 is 9.50 Å². The largest absolute Gasteiger partial charge is 0.508 e. The van der Waals surface area contributed by atoms with Crippen LogP contribution < -0.4 is 5.32 Å². The lowest BCUT2D eigenvalue weighted by molar-refractivity contribution is 0.472. The Morgan fingerprint density at radius 2 is 2.05 bits per heavy atom. The molecule has 0 radical (unpaired) electrons. The van der Waals surface area contributed by atoms with E-state index in [1.54, 1.807) is 24.3 Å². The van der Waals surface area contributed by atoms with Crippen LogP contribution in [0.25, 0.3) is 0 Å². The molecular weight excluding hydrogens is 265 g/mol. The Balaban J connectivity index is 2.02. The van der Waals surface area contributed by atoms with Gasteiger partial charge in [0.2, 0.25) is 0 Å². The molecule has 0 spiro atoms. The van der Waals surface area contributed by atoms with Crippen LogP contribution in [-0.4, -0.2) is 5.11 Å². The fourth-order valence-electron chi connectivity index (χ4n) is 1.84. The van der Waals surface area contributed by atoms with Crippen molar-refractivity contribution in [3.8, 4) is 5.75 Å². The highest BCUT2D eigenvalue weighted by Crippen LogP contribution is 2.20. The minimum atomic E-state index is -0.338. The van der Waals surface area contributed by atoms with Crippen LogP contribution in [0.1, 0.15) is 24.1 Å². The van der Waals surface area contributed by atoms with Crippen LogP contribution >= 0.6 is 11.6 Å². The van der Waals surface area contributed by atoms with Crippen LogP contribution in [0.4, 0.5) is 4.39 Å². The molecule has 0 aromatic heterocycles. The first-order chi connectivity index (χ1) is 9.06. The molecule has 0 saturated heterocycles. The van der Waals surface area contributed by atoms with Gasteiger partial charge in [-0.25, -0.2) is 4.39 Å². The second-order valence-corrected chi connectivity index (χ2v) is 4.84. The van der Waals surface area contributed by atoms with Crippen LogP contribution in [0.3, 0.4) is 0 Å². The summed E-state index contributed by atoms with van der Waals surface area (Å²) in [6.45, 7) is 2.53. The molecule has 2 aromatic rings. The first-order valence-corrected chi connectivity index (χ1v) is 6.40. The van der Waals surface area contributed by atoms with Crippen LogP contribution in [0.2, 0.25) is 5.02 Å². The molecule has 0 heterocycles. The van der Waals surface area contributed by atoms with E-state index in [-0.39, 0.29) is 17.6 Å². The van der Waals surface area contributed by atoms with Gasteiger partial charge in [0.05, 0.1) is 0 Å². The third-order valence-corrected chi connectivity index (χ3v) is 3.34. The Bertz CT molecular complexity index is 574. The molecular formula is C15H15ClFNO. The Morgan fingerprint density at radius 1 is 1.26 bits per heavy atom. The molecule has 2 nitrogen and oxygen atoms in total. The fourth-order valence-corrected chi connectivity index (χ4v) is 2.07. The summed E-state index contributed by atoms with van der Waals surface area (Å²) in [5.74, 6) is -0.0965. The third kappa shape index (κ3) is 3.69.